The van der Waals surface area contributed by atoms with Crippen LogP contribution in [0.5, 0.6) is 0 Å². The Morgan fingerprint density at radius 1 is 0.476 bits per heavy atom. The Morgan fingerprint density at radius 3 is 1.14 bits per heavy atom. The van der Waals surface area contributed by atoms with Crippen LogP contribution in [0.1, 0.15) is 0 Å². The molecule has 0 atom stereocenters. The van der Waals surface area contributed by atoms with Crippen LogP contribution in [0, 0.1) is 46.5 Å². The third-order valence-electron chi connectivity index (χ3n) is 2.59. The SMILES string of the molecule is Fc1cc(F)c([B]c2c(F)cc(F)c(F)c2F)c(F)c1F. The Bertz CT molecular complexity index is 667. The Hall–Kier alpha value is -2.06. The highest BCUT2D eigenvalue weighted by Gasteiger charge is 2.25. The van der Waals surface area contributed by atoms with E-state index in [1.807, 2.05) is 0 Å². The highest BCUT2D eigenvalue weighted by Crippen LogP contribution is 2.13. The molecule has 21 heavy (non-hydrogen) atoms. The molecule has 0 nitrogen and oxygen atoms in total. The molecule has 2 aromatic carbocycles. The van der Waals surface area contributed by atoms with Gasteiger partial charge in [0.05, 0.1) is 0 Å². The van der Waals surface area contributed by atoms with Gasteiger partial charge in [0.2, 0.25) is 7.28 Å². The van der Waals surface area contributed by atoms with Gasteiger partial charge in [0.15, 0.2) is 34.9 Å². The summed E-state index contributed by atoms with van der Waals surface area (Å²) in [5.41, 5.74) is -2.67. The fourth-order valence-electron chi connectivity index (χ4n) is 1.57. The minimum Gasteiger partial charge on any atom is -0.207 e. The molecule has 2 aromatic rings. The molecule has 0 aliphatic rings. The average Bonchev–Trinajstić information content (AvgIpc) is 2.42. The standard InChI is InChI=1S/C12H2BF8/c14-3-1-5(16)9(18)11(20)7(3)13-8-4(15)2-6(17)10(19)12(8)21/h1-2H. The van der Waals surface area contributed by atoms with Gasteiger partial charge in [-0.3, -0.25) is 0 Å². The highest BCUT2D eigenvalue weighted by atomic mass is 19.2. The second-order valence-corrected chi connectivity index (χ2v) is 3.91. The van der Waals surface area contributed by atoms with Gasteiger partial charge in [-0.25, -0.2) is 35.1 Å². The third-order valence-corrected chi connectivity index (χ3v) is 2.59. The molecule has 9 heteroatoms. The number of hydrogen-bond acceptors (Lipinski definition) is 0. The molecule has 0 aromatic heterocycles. The van der Waals surface area contributed by atoms with E-state index >= 15 is 0 Å². The van der Waals surface area contributed by atoms with Gasteiger partial charge >= 0.3 is 0 Å². The van der Waals surface area contributed by atoms with Gasteiger partial charge in [0.25, 0.3) is 0 Å². The van der Waals surface area contributed by atoms with Crippen LogP contribution in [0.4, 0.5) is 35.1 Å². The summed E-state index contributed by atoms with van der Waals surface area (Å²) in [5.74, 6) is -15.3. The molecule has 0 fully saturated rings. The second-order valence-electron chi connectivity index (χ2n) is 3.91. The van der Waals surface area contributed by atoms with E-state index in [1.54, 1.807) is 0 Å². The van der Waals surface area contributed by atoms with Crippen LogP contribution in [-0.2, 0) is 0 Å². The molecule has 0 saturated heterocycles. The van der Waals surface area contributed by atoms with E-state index in [1.165, 1.54) is 0 Å². The van der Waals surface area contributed by atoms with Crippen LogP contribution in [0.3, 0.4) is 0 Å². The van der Waals surface area contributed by atoms with Crippen LogP contribution in [0.15, 0.2) is 12.1 Å². The summed E-state index contributed by atoms with van der Waals surface area (Å²) in [5, 5.41) is 0. The van der Waals surface area contributed by atoms with Gasteiger partial charge in [0, 0.05) is 12.1 Å². The minimum absolute atomic E-state index is 0.0556. The maximum Gasteiger partial charge on any atom is 0.207 e. The largest absolute Gasteiger partial charge is 0.207 e. The summed E-state index contributed by atoms with van der Waals surface area (Å²) >= 11 is 0. The van der Waals surface area contributed by atoms with Crippen molar-refractivity contribution in [3.8, 4) is 0 Å². The van der Waals surface area contributed by atoms with Crippen LogP contribution < -0.4 is 10.9 Å². The van der Waals surface area contributed by atoms with Crippen LogP contribution in [0.2, 0.25) is 0 Å². The topological polar surface area (TPSA) is 0 Å². The van der Waals surface area contributed by atoms with Gasteiger partial charge in [-0.2, -0.15) is 0 Å². The van der Waals surface area contributed by atoms with E-state index in [9.17, 15) is 35.1 Å². The normalized spacial score (nSPS) is 10.9. The third kappa shape index (κ3) is 2.59. The van der Waals surface area contributed by atoms with Gasteiger partial charge in [0.1, 0.15) is 11.6 Å². The average molecular weight is 309 g/mol. The van der Waals surface area contributed by atoms with Crippen molar-refractivity contribution in [2.24, 2.45) is 0 Å². The molecule has 0 bridgehead atoms. The highest BCUT2D eigenvalue weighted by molar-refractivity contribution is 6.67. The zero-order chi connectivity index (χ0) is 15.9. The van der Waals surface area contributed by atoms with Crippen molar-refractivity contribution < 1.29 is 35.1 Å². The Labute approximate surface area is 113 Å². The summed E-state index contributed by atoms with van der Waals surface area (Å²) in [6, 6.07) is -0.111. The molecule has 0 aliphatic carbocycles. The zero-order valence-electron chi connectivity index (χ0n) is 9.76. The first-order chi connectivity index (χ1) is 9.73. The van der Waals surface area contributed by atoms with Crippen molar-refractivity contribution >= 4 is 18.2 Å². The Morgan fingerprint density at radius 2 is 0.810 bits per heavy atom. The maximum atomic E-state index is 13.4. The van der Waals surface area contributed by atoms with E-state index in [0.29, 0.717) is 0 Å². The summed E-state index contributed by atoms with van der Waals surface area (Å²) in [7, 11) is 0.0698. The molecule has 0 amide bonds. The summed E-state index contributed by atoms with van der Waals surface area (Å²) < 4.78 is 105. The van der Waals surface area contributed by atoms with Crippen LogP contribution in [0.25, 0.3) is 0 Å². The van der Waals surface area contributed by atoms with Crippen molar-refractivity contribution in [2.75, 3.05) is 0 Å². The number of rotatable bonds is 2. The first-order valence-corrected chi connectivity index (χ1v) is 5.24. The van der Waals surface area contributed by atoms with Crippen molar-refractivity contribution in [3.05, 3.63) is 58.7 Å². The van der Waals surface area contributed by atoms with Gasteiger partial charge in [-0.15, -0.1) is 0 Å². The molecule has 109 valence electrons. The minimum atomic E-state index is -2.08. The summed E-state index contributed by atoms with van der Waals surface area (Å²) in [4.78, 5) is 0. The Balaban J connectivity index is 2.59. The molecule has 0 saturated carbocycles. The number of hydrogen-bond donors (Lipinski definition) is 0. The molecule has 0 aliphatic heterocycles. The smallest absolute Gasteiger partial charge is 0.207 e. The molecule has 0 unspecified atom stereocenters. The molecule has 1 radical (unpaired) electrons. The molecule has 2 rings (SSSR count). The maximum absolute atomic E-state index is 13.4. The fraction of sp³-hybridized carbons (Fsp3) is 0. The van der Waals surface area contributed by atoms with E-state index in [0.717, 1.165) is 0 Å². The number of halogens is 8. The van der Waals surface area contributed by atoms with Crippen molar-refractivity contribution in [1.82, 2.24) is 0 Å². The quantitative estimate of drug-likeness (QED) is 0.346. The first-order valence-electron chi connectivity index (χ1n) is 5.24. The van der Waals surface area contributed by atoms with Crippen molar-refractivity contribution in [3.63, 3.8) is 0 Å². The van der Waals surface area contributed by atoms with E-state index in [4.69, 9.17) is 0 Å². The predicted molar refractivity (Wildman–Crippen MR) is 57.6 cm³/mol. The van der Waals surface area contributed by atoms with Gasteiger partial charge in [-0.05, 0) is 10.9 Å². The lowest BCUT2D eigenvalue weighted by Gasteiger charge is -2.08. The van der Waals surface area contributed by atoms with Gasteiger partial charge < -0.3 is 0 Å². The van der Waals surface area contributed by atoms with E-state index in [2.05, 4.69) is 0 Å². The molecular formula is C12H2BF8. The molecule has 0 heterocycles. The lowest BCUT2D eigenvalue weighted by molar-refractivity contribution is 0.438. The second kappa shape index (κ2) is 5.38. The van der Waals surface area contributed by atoms with Gasteiger partial charge in [-0.1, -0.05) is 0 Å². The van der Waals surface area contributed by atoms with Crippen LogP contribution >= 0.6 is 0 Å². The van der Waals surface area contributed by atoms with Crippen molar-refractivity contribution in [1.29, 1.82) is 0 Å². The number of benzene rings is 2. The van der Waals surface area contributed by atoms with Crippen LogP contribution in [-0.4, -0.2) is 7.28 Å². The first kappa shape index (κ1) is 15.3. The molecule has 0 N–H and O–H groups in total. The zero-order valence-corrected chi connectivity index (χ0v) is 9.76. The van der Waals surface area contributed by atoms with Crippen molar-refractivity contribution in [2.45, 2.75) is 0 Å². The molecular weight excluding hydrogens is 307 g/mol. The lowest BCUT2D eigenvalue weighted by atomic mass is 9.63. The predicted octanol–water partition coefficient (Wildman–Crippen LogP) is 2.45. The summed E-state index contributed by atoms with van der Waals surface area (Å²) in [6.45, 7) is 0. The lowest BCUT2D eigenvalue weighted by Crippen LogP contribution is -2.38. The fourth-order valence-corrected chi connectivity index (χ4v) is 1.57. The monoisotopic (exact) mass is 309 g/mol. The Kier molecular flexibility index (Phi) is 3.93. The molecule has 0 spiro atoms. The van der Waals surface area contributed by atoms with E-state index in [-0.39, 0.29) is 19.4 Å². The summed E-state index contributed by atoms with van der Waals surface area (Å²) in [6.07, 6.45) is 0. The van der Waals surface area contributed by atoms with E-state index < -0.39 is 57.5 Å².